The Morgan fingerprint density at radius 2 is 2.18 bits per heavy atom. The molecule has 0 bridgehead atoms. The summed E-state index contributed by atoms with van der Waals surface area (Å²) in [6, 6.07) is 0. The molecule has 17 heavy (non-hydrogen) atoms. The average Bonchev–Trinajstić information content (AvgIpc) is 2.57. The molecule has 7 heteroatoms. The minimum Gasteiger partial charge on any atom is -0.394 e. The molecule has 1 saturated heterocycles. The molecule has 4 N–H and O–H groups in total. The summed E-state index contributed by atoms with van der Waals surface area (Å²) >= 11 is 0. The monoisotopic (exact) mass is 242 g/mol. The maximum Gasteiger partial charge on any atom is 0.250 e. The van der Waals surface area contributed by atoms with Gasteiger partial charge in [-0.2, -0.15) is 0 Å². The van der Waals surface area contributed by atoms with Gasteiger partial charge < -0.3 is 30.3 Å². The predicted molar refractivity (Wildman–Crippen MR) is 56.0 cm³/mol. The largest absolute Gasteiger partial charge is 0.394 e. The van der Waals surface area contributed by atoms with Crippen LogP contribution >= 0.6 is 0 Å². The Hall–Kier alpha value is -1.41. The van der Waals surface area contributed by atoms with Crippen molar-refractivity contribution in [1.82, 2.24) is 10.2 Å². The second-order valence-electron chi connectivity index (χ2n) is 3.89. The molecule has 2 rings (SSSR count). The van der Waals surface area contributed by atoms with Crippen molar-refractivity contribution < 1.29 is 24.9 Å². The number of aliphatic hydroxyl groups excluding tert-OH is 3. The van der Waals surface area contributed by atoms with Gasteiger partial charge in [0.25, 0.3) is 5.91 Å². The van der Waals surface area contributed by atoms with Gasteiger partial charge in [-0.3, -0.25) is 4.79 Å². The summed E-state index contributed by atoms with van der Waals surface area (Å²) in [6.45, 7) is 3.21. The number of nitrogens with zero attached hydrogens (tertiary/aromatic N) is 1. The van der Waals surface area contributed by atoms with E-state index < -0.39 is 31.1 Å². The highest BCUT2D eigenvalue weighted by atomic mass is 16.6. The van der Waals surface area contributed by atoms with Gasteiger partial charge in [-0.25, -0.2) is 0 Å². The fraction of sp³-hybridized carbons (Fsp3) is 0.500. The lowest BCUT2D eigenvalue weighted by molar-refractivity contribution is -0.118. The van der Waals surface area contributed by atoms with Gasteiger partial charge >= 0.3 is 0 Å². The number of carbonyl (C=O) groups is 1. The summed E-state index contributed by atoms with van der Waals surface area (Å²) in [4.78, 5) is 12.4. The lowest BCUT2D eigenvalue weighted by Gasteiger charge is -2.32. The van der Waals surface area contributed by atoms with Crippen LogP contribution in [0.4, 0.5) is 0 Å². The van der Waals surface area contributed by atoms with Gasteiger partial charge in [0.2, 0.25) is 0 Å². The lowest BCUT2D eigenvalue weighted by atomic mass is 10.1. The molecular formula is C10H14N2O5. The second kappa shape index (κ2) is 4.46. The standard InChI is InChI=1S/C10H14N2O5/c1-5-11-7(14)2-3-12(5)10-9(16)8(15)6(4-13)17-10/h2-3,6,8-10,13,15-16H,1,4H2,(H,11,14). The van der Waals surface area contributed by atoms with Gasteiger partial charge in [0.15, 0.2) is 6.23 Å². The number of nitrogens with one attached hydrogen (secondary N) is 1. The molecule has 0 radical (unpaired) electrons. The molecule has 2 heterocycles. The van der Waals surface area contributed by atoms with Crippen LogP contribution in [0, 0.1) is 0 Å². The Kier molecular flexibility index (Phi) is 3.16. The molecule has 1 amide bonds. The smallest absolute Gasteiger partial charge is 0.250 e. The minimum atomic E-state index is -1.19. The first-order valence-corrected chi connectivity index (χ1v) is 5.13. The second-order valence-corrected chi connectivity index (χ2v) is 3.89. The SMILES string of the molecule is C=C1NC(=O)C=CN1C1OC(CO)C(O)C1O. The Balaban J connectivity index is 2.16. The van der Waals surface area contributed by atoms with Gasteiger partial charge in [-0.05, 0) is 0 Å². The van der Waals surface area contributed by atoms with E-state index in [9.17, 15) is 15.0 Å². The highest BCUT2D eigenvalue weighted by Crippen LogP contribution is 2.26. The van der Waals surface area contributed by atoms with E-state index in [-0.39, 0.29) is 11.7 Å². The number of hydrogen-bond donors (Lipinski definition) is 4. The fourth-order valence-corrected chi connectivity index (χ4v) is 1.83. The Morgan fingerprint density at radius 3 is 2.71 bits per heavy atom. The van der Waals surface area contributed by atoms with E-state index in [2.05, 4.69) is 11.9 Å². The first-order valence-electron chi connectivity index (χ1n) is 5.13. The number of aliphatic hydroxyl groups is 3. The summed E-state index contributed by atoms with van der Waals surface area (Å²) in [5, 5.41) is 30.8. The molecule has 4 atom stereocenters. The maximum absolute atomic E-state index is 11.0. The molecule has 0 aromatic heterocycles. The molecule has 4 unspecified atom stereocenters. The van der Waals surface area contributed by atoms with Gasteiger partial charge in [-0.15, -0.1) is 0 Å². The molecular weight excluding hydrogens is 228 g/mol. The van der Waals surface area contributed by atoms with E-state index in [4.69, 9.17) is 9.84 Å². The van der Waals surface area contributed by atoms with Crippen molar-refractivity contribution in [3.05, 3.63) is 24.7 Å². The molecule has 0 aromatic carbocycles. The first-order chi connectivity index (χ1) is 8.04. The zero-order valence-electron chi connectivity index (χ0n) is 8.98. The third kappa shape index (κ3) is 2.05. The van der Waals surface area contributed by atoms with Crippen molar-refractivity contribution in [3.8, 4) is 0 Å². The summed E-state index contributed by atoms with van der Waals surface area (Å²) in [5.74, 6) is -0.0784. The summed E-state index contributed by atoms with van der Waals surface area (Å²) in [6.07, 6.45) is -1.45. The van der Waals surface area contributed by atoms with Crippen molar-refractivity contribution in [2.24, 2.45) is 0 Å². The highest BCUT2D eigenvalue weighted by Gasteiger charge is 2.45. The normalized spacial score (nSPS) is 37.5. The Morgan fingerprint density at radius 1 is 1.47 bits per heavy atom. The van der Waals surface area contributed by atoms with Crippen molar-refractivity contribution >= 4 is 5.91 Å². The maximum atomic E-state index is 11.0. The molecule has 2 aliphatic rings. The number of rotatable bonds is 2. The van der Waals surface area contributed by atoms with Gasteiger partial charge in [0, 0.05) is 12.3 Å². The molecule has 0 aromatic rings. The van der Waals surface area contributed by atoms with E-state index in [0.29, 0.717) is 0 Å². The average molecular weight is 242 g/mol. The van der Waals surface area contributed by atoms with Crippen molar-refractivity contribution in [3.63, 3.8) is 0 Å². The molecule has 0 saturated carbocycles. The van der Waals surface area contributed by atoms with E-state index in [1.165, 1.54) is 17.2 Å². The summed E-state index contributed by atoms with van der Waals surface area (Å²) < 4.78 is 5.29. The number of ether oxygens (including phenoxy) is 1. The first kappa shape index (κ1) is 12.1. The Labute approximate surface area is 97.6 Å². The van der Waals surface area contributed by atoms with Crippen LogP contribution < -0.4 is 5.32 Å². The van der Waals surface area contributed by atoms with E-state index >= 15 is 0 Å². The van der Waals surface area contributed by atoms with Crippen LogP contribution in [0.5, 0.6) is 0 Å². The lowest BCUT2D eigenvalue weighted by Crippen LogP contribution is -2.46. The summed E-state index contributed by atoms with van der Waals surface area (Å²) in [5.41, 5.74) is 0. The van der Waals surface area contributed by atoms with Gasteiger partial charge in [-0.1, -0.05) is 6.58 Å². The van der Waals surface area contributed by atoms with E-state index in [0.717, 1.165) is 0 Å². The van der Waals surface area contributed by atoms with Crippen LogP contribution in [0.25, 0.3) is 0 Å². The van der Waals surface area contributed by atoms with Crippen LogP contribution in [0.2, 0.25) is 0 Å². The molecule has 0 spiro atoms. The topological polar surface area (TPSA) is 102 Å². The number of amides is 1. The molecule has 1 fully saturated rings. The molecule has 0 aliphatic carbocycles. The van der Waals surface area contributed by atoms with Gasteiger partial charge in [0.05, 0.1) is 6.61 Å². The predicted octanol–water partition coefficient (Wildman–Crippen LogP) is -2.16. The quantitative estimate of drug-likeness (QED) is 0.440. The minimum absolute atomic E-state index is 0.243. The van der Waals surface area contributed by atoms with Crippen molar-refractivity contribution in [1.29, 1.82) is 0 Å². The van der Waals surface area contributed by atoms with Crippen LogP contribution in [-0.2, 0) is 9.53 Å². The van der Waals surface area contributed by atoms with E-state index in [1.807, 2.05) is 0 Å². The van der Waals surface area contributed by atoms with Crippen molar-refractivity contribution in [2.45, 2.75) is 24.5 Å². The van der Waals surface area contributed by atoms with E-state index in [1.54, 1.807) is 0 Å². The van der Waals surface area contributed by atoms with Crippen LogP contribution in [0.3, 0.4) is 0 Å². The van der Waals surface area contributed by atoms with Crippen LogP contribution in [-0.4, -0.2) is 57.3 Å². The molecule has 7 nitrogen and oxygen atoms in total. The Bertz CT molecular complexity index is 370. The molecule has 2 aliphatic heterocycles. The fourth-order valence-electron chi connectivity index (χ4n) is 1.83. The number of hydrogen-bond acceptors (Lipinski definition) is 6. The third-order valence-corrected chi connectivity index (χ3v) is 2.76. The van der Waals surface area contributed by atoms with Crippen LogP contribution in [0.15, 0.2) is 24.7 Å². The zero-order valence-corrected chi connectivity index (χ0v) is 8.98. The van der Waals surface area contributed by atoms with Crippen molar-refractivity contribution in [2.75, 3.05) is 6.61 Å². The molecule has 94 valence electrons. The third-order valence-electron chi connectivity index (χ3n) is 2.76. The highest BCUT2D eigenvalue weighted by molar-refractivity contribution is 5.89. The van der Waals surface area contributed by atoms with Crippen LogP contribution in [0.1, 0.15) is 0 Å². The zero-order chi connectivity index (χ0) is 12.6. The number of carbonyl (C=O) groups excluding carboxylic acids is 1. The van der Waals surface area contributed by atoms with Gasteiger partial charge in [0.1, 0.15) is 24.1 Å². The summed E-state index contributed by atoms with van der Waals surface area (Å²) in [7, 11) is 0.